The second-order valence-corrected chi connectivity index (χ2v) is 5.94. The van der Waals surface area contributed by atoms with Crippen molar-refractivity contribution in [1.82, 2.24) is 0 Å². The zero-order chi connectivity index (χ0) is 16.4. The van der Waals surface area contributed by atoms with E-state index in [-0.39, 0.29) is 12.1 Å². The Morgan fingerprint density at radius 1 is 1.32 bits per heavy atom. The molecule has 1 aromatic carbocycles. The predicted molar refractivity (Wildman–Crippen MR) is 89.8 cm³/mol. The van der Waals surface area contributed by atoms with Crippen LogP contribution in [0.4, 0.5) is 0 Å². The van der Waals surface area contributed by atoms with E-state index >= 15 is 0 Å². The molecule has 0 aliphatic carbocycles. The third-order valence-electron chi connectivity index (χ3n) is 3.67. The fourth-order valence-corrected chi connectivity index (χ4v) is 2.59. The number of carbonyl (C=O) groups excluding carboxylic acids is 1. The van der Waals surface area contributed by atoms with Crippen molar-refractivity contribution >= 4 is 5.97 Å². The third-order valence-corrected chi connectivity index (χ3v) is 3.67. The summed E-state index contributed by atoms with van der Waals surface area (Å²) >= 11 is 0. The molecule has 0 saturated heterocycles. The highest BCUT2D eigenvalue weighted by Gasteiger charge is 2.20. The molecular formula is C19H28O3. The van der Waals surface area contributed by atoms with E-state index in [1.807, 2.05) is 24.3 Å². The molecule has 0 aromatic heterocycles. The maximum absolute atomic E-state index is 12.1. The fraction of sp³-hybridized carbons (Fsp3) is 0.526. The Hall–Kier alpha value is -1.61. The third kappa shape index (κ3) is 6.90. The number of carbonyl (C=O) groups is 1. The first-order chi connectivity index (χ1) is 10.6. The summed E-state index contributed by atoms with van der Waals surface area (Å²) < 4.78 is 5.57. The summed E-state index contributed by atoms with van der Waals surface area (Å²) in [6.07, 6.45) is 4.96. The lowest BCUT2D eigenvalue weighted by molar-refractivity contribution is 0.00916. The van der Waals surface area contributed by atoms with E-state index in [0.29, 0.717) is 24.3 Å². The molecule has 0 saturated carbocycles. The van der Waals surface area contributed by atoms with Gasteiger partial charge in [-0.05, 0) is 37.3 Å². The molecular weight excluding hydrogens is 276 g/mol. The van der Waals surface area contributed by atoms with Gasteiger partial charge in [0.1, 0.15) is 6.10 Å². The van der Waals surface area contributed by atoms with Gasteiger partial charge in [0.2, 0.25) is 0 Å². The molecule has 22 heavy (non-hydrogen) atoms. The van der Waals surface area contributed by atoms with Crippen LogP contribution in [0.1, 0.15) is 56.3 Å². The van der Waals surface area contributed by atoms with Crippen molar-refractivity contribution in [3.05, 3.63) is 48.6 Å². The Morgan fingerprint density at radius 3 is 2.59 bits per heavy atom. The van der Waals surface area contributed by atoms with E-state index in [4.69, 9.17) is 4.74 Å². The standard InChI is InChI=1S/C19H28O3/c1-4-9-15(3)13-17(20)14-18(10-5-2)22-19(21)16-11-7-6-8-12-16/h4,6-8,11-12,15,17-18,20H,1,5,9-10,13-14H2,2-3H3/t15-,17+,18+/m1/s1. The van der Waals surface area contributed by atoms with Crippen molar-refractivity contribution in [2.45, 2.75) is 58.2 Å². The lowest BCUT2D eigenvalue weighted by Crippen LogP contribution is -2.25. The van der Waals surface area contributed by atoms with Crippen LogP contribution >= 0.6 is 0 Å². The van der Waals surface area contributed by atoms with Crippen LogP contribution in [0.5, 0.6) is 0 Å². The normalized spacial score (nSPS) is 14.9. The van der Waals surface area contributed by atoms with Crippen LogP contribution in [-0.2, 0) is 4.74 Å². The lowest BCUT2D eigenvalue weighted by Gasteiger charge is -2.22. The smallest absolute Gasteiger partial charge is 0.338 e. The summed E-state index contributed by atoms with van der Waals surface area (Å²) in [6, 6.07) is 8.99. The van der Waals surface area contributed by atoms with Gasteiger partial charge in [-0.2, -0.15) is 0 Å². The van der Waals surface area contributed by atoms with Gasteiger partial charge in [0, 0.05) is 6.42 Å². The number of aliphatic hydroxyl groups is 1. The monoisotopic (exact) mass is 304 g/mol. The van der Waals surface area contributed by atoms with Gasteiger partial charge in [0.25, 0.3) is 0 Å². The van der Waals surface area contributed by atoms with Gasteiger partial charge in [-0.3, -0.25) is 0 Å². The molecule has 1 aromatic rings. The van der Waals surface area contributed by atoms with Crippen LogP contribution < -0.4 is 0 Å². The molecule has 1 rings (SSSR count). The van der Waals surface area contributed by atoms with Gasteiger partial charge in [-0.1, -0.05) is 44.5 Å². The van der Waals surface area contributed by atoms with E-state index < -0.39 is 6.10 Å². The SMILES string of the molecule is C=CC[C@@H](C)C[C@H](O)C[C@H](CCC)OC(=O)c1ccccc1. The topological polar surface area (TPSA) is 46.5 Å². The van der Waals surface area contributed by atoms with E-state index in [1.165, 1.54) is 0 Å². The molecule has 3 atom stereocenters. The molecule has 122 valence electrons. The number of benzene rings is 1. The summed E-state index contributed by atoms with van der Waals surface area (Å²) in [5, 5.41) is 10.2. The van der Waals surface area contributed by atoms with E-state index in [2.05, 4.69) is 20.4 Å². The van der Waals surface area contributed by atoms with Crippen LogP contribution in [0.2, 0.25) is 0 Å². The highest BCUT2D eigenvalue weighted by Crippen LogP contribution is 2.18. The molecule has 0 unspecified atom stereocenters. The summed E-state index contributed by atoms with van der Waals surface area (Å²) in [6.45, 7) is 7.86. The molecule has 0 fully saturated rings. The molecule has 3 heteroatoms. The minimum atomic E-state index is -0.449. The summed E-state index contributed by atoms with van der Waals surface area (Å²) in [5.41, 5.74) is 0.554. The molecule has 0 bridgehead atoms. The predicted octanol–water partition coefficient (Wildman–Crippen LogP) is 4.37. The molecule has 0 aliphatic rings. The van der Waals surface area contributed by atoms with Crippen LogP contribution in [-0.4, -0.2) is 23.3 Å². The summed E-state index contributed by atoms with van der Waals surface area (Å²) in [7, 11) is 0. The molecule has 3 nitrogen and oxygen atoms in total. The molecule has 0 radical (unpaired) electrons. The van der Waals surface area contributed by atoms with Crippen LogP contribution in [0.25, 0.3) is 0 Å². The first-order valence-electron chi connectivity index (χ1n) is 8.11. The van der Waals surface area contributed by atoms with Crippen molar-refractivity contribution in [1.29, 1.82) is 0 Å². The molecule has 0 amide bonds. The number of esters is 1. The maximum Gasteiger partial charge on any atom is 0.338 e. The van der Waals surface area contributed by atoms with Crippen LogP contribution in [0, 0.1) is 5.92 Å². The molecule has 1 N–H and O–H groups in total. The van der Waals surface area contributed by atoms with Crippen molar-refractivity contribution < 1.29 is 14.6 Å². The average Bonchev–Trinajstić information content (AvgIpc) is 2.48. The number of hydrogen-bond acceptors (Lipinski definition) is 3. The van der Waals surface area contributed by atoms with Crippen molar-refractivity contribution in [2.75, 3.05) is 0 Å². The second kappa shape index (κ2) is 10.2. The molecule has 0 aliphatic heterocycles. The Balaban J connectivity index is 2.54. The van der Waals surface area contributed by atoms with Gasteiger partial charge in [-0.15, -0.1) is 6.58 Å². The first-order valence-corrected chi connectivity index (χ1v) is 8.11. The Bertz CT molecular complexity index is 441. The minimum Gasteiger partial charge on any atom is -0.459 e. The van der Waals surface area contributed by atoms with Gasteiger partial charge in [0.15, 0.2) is 0 Å². The van der Waals surface area contributed by atoms with Gasteiger partial charge >= 0.3 is 5.97 Å². The minimum absolute atomic E-state index is 0.233. The van der Waals surface area contributed by atoms with E-state index in [9.17, 15) is 9.90 Å². The van der Waals surface area contributed by atoms with Crippen molar-refractivity contribution in [3.63, 3.8) is 0 Å². The average molecular weight is 304 g/mol. The number of ether oxygens (including phenoxy) is 1. The Kier molecular flexibility index (Phi) is 8.53. The summed E-state index contributed by atoms with van der Waals surface area (Å²) in [4.78, 5) is 12.1. The van der Waals surface area contributed by atoms with Crippen molar-refractivity contribution in [2.24, 2.45) is 5.92 Å². The van der Waals surface area contributed by atoms with E-state index in [0.717, 1.165) is 19.3 Å². The van der Waals surface area contributed by atoms with Gasteiger partial charge in [-0.25, -0.2) is 4.79 Å². The first kappa shape index (κ1) is 18.4. The zero-order valence-electron chi connectivity index (χ0n) is 13.7. The number of rotatable bonds is 10. The second-order valence-electron chi connectivity index (χ2n) is 5.94. The van der Waals surface area contributed by atoms with Gasteiger partial charge < -0.3 is 9.84 Å². The molecule has 0 spiro atoms. The van der Waals surface area contributed by atoms with E-state index in [1.54, 1.807) is 12.1 Å². The Labute approximate surface area is 134 Å². The number of aliphatic hydroxyl groups excluding tert-OH is 1. The fourth-order valence-electron chi connectivity index (χ4n) is 2.59. The van der Waals surface area contributed by atoms with Crippen molar-refractivity contribution in [3.8, 4) is 0 Å². The number of hydrogen-bond donors (Lipinski definition) is 1. The summed E-state index contributed by atoms with van der Waals surface area (Å²) in [5.74, 6) is 0.0741. The lowest BCUT2D eigenvalue weighted by atomic mass is 9.96. The maximum atomic E-state index is 12.1. The Morgan fingerprint density at radius 2 is 2.00 bits per heavy atom. The van der Waals surface area contributed by atoms with Gasteiger partial charge in [0.05, 0.1) is 11.7 Å². The largest absolute Gasteiger partial charge is 0.459 e. The molecule has 0 heterocycles. The van der Waals surface area contributed by atoms with Crippen LogP contribution in [0.3, 0.4) is 0 Å². The zero-order valence-corrected chi connectivity index (χ0v) is 13.7. The highest BCUT2D eigenvalue weighted by molar-refractivity contribution is 5.89. The number of allylic oxidation sites excluding steroid dienone is 1. The quantitative estimate of drug-likeness (QED) is 0.516. The van der Waals surface area contributed by atoms with Crippen LogP contribution in [0.15, 0.2) is 43.0 Å². The highest BCUT2D eigenvalue weighted by atomic mass is 16.5.